The van der Waals surface area contributed by atoms with Gasteiger partial charge in [0.05, 0.1) is 34.4 Å². The Morgan fingerprint density at radius 3 is 1.59 bits per heavy atom. The number of aliphatic carboxylic acids is 1. The molecule has 0 aliphatic carbocycles. The highest BCUT2D eigenvalue weighted by molar-refractivity contribution is 5.72. The molecule has 8 heteroatoms. The van der Waals surface area contributed by atoms with Crippen molar-refractivity contribution in [1.29, 1.82) is 0 Å². The first-order valence-electron chi connectivity index (χ1n) is 19.1. The van der Waals surface area contributed by atoms with Crippen LogP contribution in [0.1, 0.15) is 117 Å². The summed E-state index contributed by atoms with van der Waals surface area (Å²) in [5.74, 6) is -1.61. The molecule has 8 nitrogen and oxygen atoms in total. The lowest BCUT2D eigenvalue weighted by atomic mass is 10.1. The van der Waals surface area contributed by atoms with Gasteiger partial charge < -0.3 is 23.8 Å². The van der Waals surface area contributed by atoms with Crippen LogP contribution in [0.5, 0.6) is 0 Å². The molecule has 0 aromatic rings. The topological polar surface area (TPSA) is 99.1 Å². The van der Waals surface area contributed by atoms with E-state index in [4.69, 9.17) is 14.2 Å². The number of quaternary nitrogens is 1. The lowest BCUT2D eigenvalue weighted by molar-refractivity contribution is -0.887. The van der Waals surface area contributed by atoms with Crippen LogP contribution in [0.15, 0.2) is 85.1 Å². The molecular formula is C43H70NO7+. The minimum Gasteiger partial charge on any atom is -0.477 e. The van der Waals surface area contributed by atoms with Crippen molar-refractivity contribution in [3.8, 4) is 0 Å². The van der Waals surface area contributed by atoms with Crippen molar-refractivity contribution in [3.63, 3.8) is 0 Å². The molecule has 2 atom stereocenters. The Morgan fingerprint density at radius 2 is 1.08 bits per heavy atom. The summed E-state index contributed by atoms with van der Waals surface area (Å²) in [6.45, 7) is 4.34. The van der Waals surface area contributed by atoms with E-state index in [0.717, 1.165) is 77.0 Å². The van der Waals surface area contributed by atoms with E-state index < -0.39 is 18.1 Å². The van der Waals surface area contributed by atoms with Crippen LogP contribution in [0, 0.1) is 0 Å². The van der Waals surface area contributed by atoms with Crippen molar-refractivity contribution in [2.45, 2.75) is 129 Å². The van der Waals surface area contributed by atoms with Gasteiger partial charge in [0.2, 0.25) is 0 Å². The molecule has 51 heavy (non-hydrogen) atoms. The largest absolute Gasteiger partial charge is 0.477 e. The zero-order valence-electron chi connectivity index (χ0n) is 32.5. The number of unbranched alkanes of at least 4 members (excludes halogenated alkanes) is 4. The van der Waals surface area contributed by atoms with Crippen LogP contribution in [0.4, 0.5) is 0 Å². The maximum absolute atomic E-state index is 12.6. The second-order valence-corrected chi connectivity index (χ2v) is 13.4. The highest BCUT2D eigenvalue weighted by Crippen LogP contribution is 2.11. The molecule has 288 valence electrons. The number of carbonyl (C=O) groups is 3. The number of esters is 2. The quantitative estimate of drug-likeness (QED) is 0.0321. The molecule has 0 saturated carbocycles. The second kappa shape index (κ2) is 33.6. The van der Waals surface area contributed by atoms with Gasteiger partial charge in [-0.1, -0.05) is 112 Å². The summed E-state index contributed by atoms with van der Waals surface area (Å²) < 4.78 is 17.0. The van der Waals surface area contributed by atoms with Crippen LogP contribution >= 0.6 is 0 Å². The maximum Gasteiger partial charge on any atom is 0.362 e. The Kier molecular flexibility index (Phi) is 31.3. The number of ether oxygens (including phenoxy) is 3. The summed E-state index contributed by atoms with van der Waals surface area (Å²) in [5, 5.41) is 9.56. The minimum atomic E-state index is -0.892. The normalized spacial score (nSPS) is 14.0. The average Bonchev–Trinajstić information content (AvgIpc) is 3.08. The summed E-state index contributed by atoms with van der Waals surface area (Å²) in [6.07, 6.45) is 42.4. The third kappa shape index (κ3) is 32.2. The Labute approximate surface area is 310 Å². The molecule has 0 radical (unpaired) electrons. The molecule has 0 aromatic carbocycles. The van der Waals surface area contributed by atoms with E-state index in [1.165, 1.54) is 0 Å². The van der Waals surface area contributed by atoms with Crippen LogP contribution in [0.25, 0.3) is 0 Å². The van der Waals surface area contributed by atoms with Crippen LogP contribution in [-0.4, -0.2) is 80.6 Å². The van der Waals surface area contributed by atoms with Gasteiger partial charge in [0.25, 0.3) is 0 Å². The van der Waals surface area contributed by atoms with Gasteiger partial charge in [-0.2, -0.15) is 0 Å². The first-order valence-corrected chi connectivity index (χ1v) is 19.1. The molecule has 0 rings (SSSR count). The van der Waals surface area contributed by atoms with E-state index in [-0.39, 0.29) is 49.1 Å². The van der Waals surface area contributed by atoms with Gasteiger partial charge in [0, 0.05) is 19.3 Å². The number of carboxylic acid groups (broad SMARTS) is 1. The van der Waals surface area contributed by atoms with Crippen molar-refractivity contribution < 1.29 is 38.2 Å². The second-order valence-electron chi connectivity index (χ2n) is 13.4. The Balaban J connectivity index is 4.43. The predicted molar refractivity (Wildman–Crippen MR) is 210 cm³/mol. The van der Waals surface area contributed by atoms with Crippen molar-refractivity contribution >= 4 is 17.9 Å². The van der Waals surface area contributed by atoms with Crippen molar-refractivity contribution in [3.05, 3.63) is 85.1 Å². The standard InChI is InChI=1S/C43H69NO7/c1-6-8-10-12-14-15-16-17-18-19-20-21-22-23-24-25-26-28-30-32-34-42(46)51-39(37-49-36-35-40(43(47)48)44(3,4)5)38-50-41(45)33-31-29-27-13-11-9-7-2/h8-11,14-15,17-18,20-21,23-24,27,29,39-40H,6-7,12-13,16,19,22,25-26,28,30-38H2,1-5H3/p+1/b10-8+,11-9+,15-14+,18-17+,21-20+,24-23+,29-27+. The zero-order chi connectivity index (χ0) is 37.8. The summed E-state index contributed by atoms with van der Waals surface area (Å²) in [4.78, 5) is 36.6. The summed E-state index contributed by atoms with van der Waals surface area (Å²) >= 11 is 0. The van der Waals surface area contributed by atoms with Crippen molar-refractivity contribution in [1.82, 2.24) is 0 Å². The van der Waals surface area contributed by atoms with E-state index in [0.29, 0.717) is 12.8 Å². The smallest absolute Gasteiger partial charge is 0.362 e. The van der Waals surface area contributed by atoms with Crippen molar-refractivity contribution in [2.24, 2.45) is 0 Å². The van der Waals surface area contributed by atoms with Gasteiger partial charge in [-0.15, -0.1) is 0 Å². The number of hydrogen-bond acceptors (Lipinski definition) is 6. The third-order valence-electron chi connectivity index (χ3n) is 7.80. The Hall–Kier alpha value is -3.49. The number of likely N-dealkylation sites (N-methyl/N-ethyl adjacent to an activating group) is 1. The molecule has 0 aliphatic heterocycles. The van der Waals surface area contributed by atoms with Gasteiger partial charge in [-0.05, 0) is 70.6 Å². The molecule has 0 fully saturated rings. The fourth-order valence-electron chi connectivity index (χ4n) is 4.88. The minimum absolute atomic E-state index is 0.0272. The Bertz CT molecular complexity index is 1110. The third-order valence-corrected chi connectivity index (χ3v) is 7.80. The summed E-state index contributed by atoms with van der Waals surface area (Å²) in [5.41, 5.74) is 0. The summed E-state index contributed by atoms with van der Waals surface area (Å²) in [7, 11) is 5.47. The molecule has 0 amide bonds. The molecule has 0 aliphatic rings. The van der Waals surface area contributed by atoms with E-state index in [2.05, 4.69) is 86.8 Å². The van der Waals surface area contributed by atoms with Gasteiger partial charge in [0.15, 0.2) is 12.1 Å². The fraction of sp³-hybridized carbons (Fsp3) is 0.605. The number of rotatable bonds is 32. The van der Waals surface area contributed by atoms with Crippen LogP contribution in [0.3, 0.4) is 0 Å². The number of nitrogens with zero attached hydrogens (tertiary/aromatic N) is 1. The lowest BCUT2D eigenvalue weighted by Crippen LogP contribution is -2.50. The maximum atomic E-state index is 12.6. The van der Waals surface area contributed by atoms with Crippen LogP contribution in [-0.2, 0) is 28.6 Å². The monoisotopic (exact) mass is 713 g/mol. The number of allylic oxidation sites excluding steroid dienone is 14. The lowest BCUT2D eigenvalue weighted by Gasteiger charge is -2.31. The van der Waals surface area contributed by atoms with Gasteiger partial charge in [-0.3, -0.25) is 9.59 Å². The van der Waals surface area contributed by atoms with Gasteiger partial charge in [-0.25, -0.2) is 4.79 Å². The molecule has 1 N–H and O–H groups in total. The Morgan fingerprint density at radius 1 is 0.588 bits per heavy atom. The highest BCUT2D eigenvalue weighted by atomic mass is 16.6. The van der Waals surface area contributed by atoms with Gasteiger partial charge in [0.1, 0.15) is 6.61 Å². The van der Waals surface area contributed by atoms with E-state index in [1.807, 2.05) is 33.3 Å². The number of carbonyl (C=O) groups excluding carboxylic acids is 2. The molecule has 0 heterocycles. The van der Waals surface area contributed by atoms with E-state index >= 15 is 0 Å². The zero-order valence-corrected chi connectivity index (χ0v) is 32.5. The SMILES string of the molecule is CC/C=C/C/C=C/C/C=C/C/C=C/C/C=C/CCCCCCC(=O)OC(COCCC(C(=O)O)[N+](C)(C)C)COC(=O)CC/C=C/C/C=C/CC. The number of hydrogen-bond donors (Lipinski definition) is 1. The molecule has 0 saturated heterocycles. The first-order chi connectivity index (χ1) is 24.6. The number of carboxylic acids is 1. The fourth-order valence-corrected chi connectivity index (χ4v) is 4.88. The van der Waals surface area contributed by atoms with Crippen molar-refractivity contribution in [2.75, 3.05) is 41.0 Å². The predicted octanol–water partition coefficient (Wildman–Crippen LogP) is 9.79. The molecule has 0 spiro atoms. The average molecular weight is 713 g/mol. The highest BCUT2D eigenvalue weighted by Gasteiger charge is 2.31. The van der Waals surface area contributed by atoms with E-state index in [9.17, 15) is 19.5 Å². The molecule has 0 aromatic heterocycles. The molecule has 2 unspecified atom stereocenters. The molecular weight excluding hydrogens is 642 g/mol. The molecule has 0 bridgehead atoms. The first kappa shape index (κ1) is 47.5. The van der Waals surface area contributed by atoms with Gasteiger partial charge >= 0.3 is 17.9 Å². The summed E-state index contributed by atoms with van der Waals surface area (Å²) in [6, 6.07) is -0.629. The van der Waals surface area contributed by atoms with E-state index in [1.54, 1.807) is 0 Å². The van der Waals surface area contributed by atoms with Crippen LogP contribution in [0.2, 0.25) is 0 Å². The van der Waals surface area contributed by atoms with Crippen LogP contribution < -0.4 is 0 Å².